The van der Waals surface area contributed by atoms with E-state index in [1.165, 1.54) is 24.0 Å². The number of amides is 1. The molecule has 0 radical (unpaired) electrons. The van der Waals surface area contributed by atoms with Gasteiger partial charge in [0.1, 0.15) is 5.75 Å². The lowest BCUT2D eigenvalue weighted by atomic mass is 10.2. The van der Waals surface area contributed by atoms with Crippen molar-refractivity contribution in [2.24, 2.45) is 0 Å². The zero-order valence-corrected chi connectivity index (χ0v) is 13.0. The summed E-state index contributed by atoms with van der Waals surface area (Å²) in [5, 5.41) is 0.642. The molecule has 1 heterocycles. The monoisotopic (exact) mass is 313 g/mol. The number of nitrogens with one attached hydrogen (secondary N) is 2. The number of hydrazine groups is 1. The number of para-hydroxylation sites is 1. The lowest BCUT2D eigenvalue weighted by molar-refractivity contribution is 0.0959. The molecule has 1 aromatic heterocycles. The van der Waals surface area contributed by atoms with Gasteiger partial charge < -0.3 is 4.74 Å². The van der Waals surface area contributed by atoms with Crippen LogP contribution in [0.15, 0.2) is 42.5 Å². The first-order valence-electron chi connectivity index (χ1n) is 6.74. The first-order chi connectivity index (χ1) is 10.7. The van der Waals surface area contributed by atoms with Crippen molar-refractivity contribution in [1.82, 2.24) is 10.4 Å². The number of hydrogen-bond donors (Lipinski definition) is 2. The standard InChI is InChI=1S/C16H15N3O2S/c1-10-7-8-12-14(9-10)22-16(17-12)19-18-15(20)11-5-3-4-6-13(11)21-2/h3-9H,1-2H3,(H,17,19)(H,18,20). The Bertz CT molecular complexity index is 829. The number of benzene rings is 2. The molecule has 0 saturated carbocycles. The summed E-state index contributed by atoms with van der Waals surface area (Å²) >= 11 is 1.49. The van der Waals surface area contributed by atoms with Gasteiger partial charge in [-0.05, 0) is 36.8 Å². The molecule has 112 valence electrons. The van der Waals surface area contributed by atoms with Crippen molar-refractivity contribution in [2.45, 2.75) is 6.92 Å². The fourth-order valence-corrected chi connectivity index (χ4v) is 3.01. The van der Waals surface area contributed by atoms with Crippen LogP contribution in [-0.4, -0.2) is 18.0 Å². The molecule has 2 aromatic carbocycles. The summed E-state index contributed by atoms with van der Waals surface area (Å²) < 4.78 is 6.26. The second-order valence-electron chi connectivity index (χ2n) is 4.77. The summed E-state index contributed by atoms with van der Waals surface area (Å²) in [6.45, 7) is 2.04. The van der Waals surface area contributed by atoms with E-state index in [-0.39, 0.29) is 5.91 Å². The van der Waals surface area contributed by atoms with Crippen molar-refractivity contribution in [3.05, 3.63) is 53.6 Å². The van der Waals surface area contributed by atoms with Crippen LogP contribution in [0.3, 0.4) is 0 Å². The van der Waals surface area contributed by atoms with Gasteiger partial charge in [0, 0.05) is 0 Å². The molecule has 3 rings (SSSR count). The van der Waals surface area contributed by atoms with Gasteiger partial charge in [0.2, 0.25) is 5.13 Å². The Morgan fingerprint density at radius 3 is 2.86 bits per heavy atom. The molecule has 0 fully saturated rings. The number of carbonyl (C=O) groups is 1. The summed E-state index contributed by atoms with van der Waals surface area (Å²) in [5.74, 6) is 0.259. The van der Waals surface area contributed by atoms with Crippen LogP contribution in [0.5, 0.6) is 5.75 Å². The van der Waals surface area contributed by atoms with E-state index in [9.17, 15) is 4.79 Å². The molecule has 0 aliphatic heterocycles. The van der Waals surface area contributed by atoms with E-state index in [4.69, 9.17) is 4.74 Å². The number of aryl methyl sites for hydroxylation is 1. The Morgan fingerprint density at radius 1 is 1.23 bits per heavy atom. The zero-order chi connectivity index (χ0) is 15.5. The van der Waals surface area contributed by atoms with Crippen molar-refractivity contribution in [3.63, 3.8) is 0 Å². The number of fused-ring (bicyclic) bond motifs is 1. The van der Waals surface area contributed by atoms with E-state index in [2.05, 4.69) is 21.9 Å². The van der Waals surface area contributed by atoms with Crippen molar-refractivity contribution < 1.29 is 9.53 Å². The van der Waals surface area contributed by atoms with Crippen LogP contribution in [0, 0.1) is 6.92 Å². The average Bonchev–Trinajstić information content (AvgIpc) is 2.94. The number of methoxy groups -OCH3 is 1. The lowest BCUT2D eigenvalue weighted by Gasteiger charge is -2.08. The smallest absolute Gasteiger partial charge is 0.273 e. The van der Waals surface area contributed by atoms with Gasteiger partial charge >= 0.3 is 0 Å². The maximum atomic E-state index is 12.2. The average molecular weight is 313 g/mol. The van der Waals surface area contributed by atoms with Gasteiger partial charge in [-0.15, -0.1) is 0 Å². The van der Waals surface area contributed by atoms with Crippen molar-refractivity contribution in [1.29, 1.82) is 0 Å². The highest BCUT2D eigenvalue weighted by Crippen LogP contribution is 2.26. The van der Waals surface area contributed by atoms with Crippen LogP contribution in [0.4, 0.5) is 5.13 Å². The highest BCUT2D eigenvalue weighted by Gasteiger charge is 2.11. The van der Waals surface area contributed by atoms with Gasteiger partial charge in [0.05, 0.1) is 22.9 Å². The summed E-state index contributed by atoms with van der Waals surface area (Å²) in [7, 11) is 1.54. The molecule has 3 aromatic rings. The molecule has 6 heteroatoms. The maximum Gasteiger partial charge on any atom is 0.273 e. The third-order valence-corrected chi connectivity index (χ3v) is 4.11. The molecule has 22 heavy (non-hydrogen) atoms. The van der Waals surface area contributed by atoms with Crippen molar-refractivity contribution in [2.75, 3.05) is 12.5 Å². The van der Waals surface area contributed by atoms with Crippen LogP contribution in [-0.2, 0) is 0 Å². The molecule has 0 saturated heterocycles. The van der Waals surface area contributed by atoms with Crippen LogP contribution in [0.25, 0.3) is 10.2 Å². The minimum Gasteiger partial charge on any atom is -0.496 e. The zero-order valence-electron chi connectivity index (χ0n) is 12.2. The second kappa shape index (κ2) is 6.03. The van der Waals surface area contributed by atoms with Gasteiger partial charge in [-0.2, -0.15) is 0 Å². The summed E-state index contributed by atoms with van der Waals surface area (Å²) in [5.41, 5.74) is 8.06. The molecule has 2 N–H and O–H groups in total. The van der Waals surface area contributed by atoms with Gasteiger partial charge in [-0.1, -0.05) is 29.5 Å². The molecule has 0 spiro atoms. The largest absolute Gasteiger partial charge is 0.496 e. The molecular formula is C16H15N3O2S. The number of hydrogen-bond acceptors (Lipinski definition) is 5. The quantitative estimate of drug-likeness (QED) is 0.725. The van der Waals surface area contributed by atoms with Crippen LogP contribution < -0.4 is 15.6 Å². The Hall–Kier alpha value is -2.60. The maximum absolute atomic E-state index is 12.2. The van der Waals surface area contributed by atoms with E-state index < -0.39 is 0 Å². The van der Waals surface area contributed by atoms with E-state index in [0.29, 0.717) is 16.4 Å². The molecule has 1 amide bonds. The number of ether oxygens (including phenoxy) is 1. The van der Waals surface area contributed by atoms with Crippen LogP contribution in [0.2, 0.25) is 0 Å². The Kier molecular flexibility index (Phi) is 3.93. The van der Waals surface area contributed by atoms with Crippen molar-refractivity contribution in [3.8, 4) is 5.75 Å². The molecule has 0 atom stereocenters. The van der Waals surface area contributed by atoms with Crippen LogP contribution >= 0.6 is 11.3 Å². The van der Waals surface area contributed by atoms with Gasteiger partial charge in [-0.25, -0.2) is 4.98 Å². The second-order valence-corrected chi connectivity index (χ2v) is 5.80. The predicted molar refractivity (Wildman–Crippen MR) is 88.4 cm³/mol. The van der Waals surface area contributed by atoms with Gasteiger partial charge in [0.15, 0.2) is 0 Å². The highest BCUT2D eigenvalue weighted by molar-refractivity contribution is 7.22. The number of aromatic nitrogens is 1. The number of rotatable bonds is 4. The molecule has 0 aliphatic carbocycles. The SMILES string of the molecule is COc1ccccc1C(=O)NNc1nc2ccc(C)cc2s1. The van der Waals surface area contributed by atoms with Gasteiger partial charge in [0.25, 0.3) is 5.91 Å². The summed E-state index contributed by atoms with van der Waals surface area (Å²) in [4.78, 5) is 16.6. The summed E-state index contributed by atoms with van der Waals surface area (Å²) in [6, 6.07) is 13.1. The number of thiazole rings is 1. The predicted octanol–water partition coefficient (Wildman–Crippen LogP) is 3.37. The van der Waals surface area contributed by atoms with E-state index in [1.807, 2.05) is 25.1 Å². The minimum atomic E-state index is -0.270. The molecule has 5 nitrogen and oxygen atoms in total. The molecule has 0 bridgehead atoms. The Balaban J connectivity index is 1.74. The highest BCUT2D eigenvalue weighted by atomic mass is 32.1. The first-order valence-corrected chi connectivity index (χ1v) is 7.55. The topological polar surface area (TPSA) is 63.2 Å². The lowest BCUT2D eigenvalue weighted by Crippen LogP contribution is -2.29. The third kappa shape index (κ3) is 2.87. The fraction of sp³-hybridized carbons (Fsp3) is 0.125. The third-order valence-electron chi connectivity index (χ3n) is 3.18. The molecular weight excluding hydrogens is 298 g/mol. The van der Waals surface area contributed by atoms with E-state index >= 15 is 0 Å². The first kappa shape index (κ1) is 14.3. The number of carbonyl (C=O) groups excluding carboxylic acids is 1. The molecule has 0 unspecified atom stereocenters. The fourth-order valence-electron chi connectivity index (χ4n) is 2.10. The van der Waals surface area contributed by atoms with Crippen LogP contribution in [0.1, 0.15) is 15.9 Å². The van der Waals surface area contributed by atoms with Crippen molar-refractivity contribution >= 4 is 32.6 Å². The summed E-state index contributed by atoms with van der Waals surface area (Å²) in [6.07, 6.45) is 0. The minimum absolute atomic E-state index is 0.270. The van der Waals surface area contributed by atoms with E-state index in [1.54, 1.807) is 18.2 Å². The van der Waals surface area contributed by atoms with E-state index in [0.717, 1.165) is 10.2 Å². The van der Waals surface area contributed by atoms with Gasteiger partial charge in [-0.3, -0.25) is 15.6 Å². The Labute approximate surface area is 131 Å². The Morgan fingerprint density at radius 2 is 2.05 bits per heavy atom. The number of anilines is 1. The number of nitrogens with zero attached hydrogens (tertiary/aromatic N) is 1. The normalized spacial score (nSPS) is 10.5. The molecule has 0 aliphatic rings.